The number of nitrogens with zero attached hydrogens (tertiary/aromatic N) is 2. The van der Waals surface area contributed by atoms with Crippen molar-refractivity contribution in [3.8, 4) is 0 Å². The Labute approximate surface area is 108 Å². The van der Waals surface area contributed by atoms with E-state index in [4.69, 9.17) is 9.63 Å². The summed E-state index contributed by atoms with van der Waals surface area (Å²) >= 11 is 0. The van der Waals surface area contributed by atoms with E-state index in [9.17, 15) is 0 Å². The van der Waals surface area contributed by atoms with Gasteiger partial charge in [0.2, 0.25) is 0 Å². The molecule has 0 fully saturated rings. The molecule has 2 N–H and O–H groups in total. The van der Waals surface area contributed by atoms with Crippen LogP contribution in [0.1, 0.15) is 25.3 Å². The molecule has 0 spiro atoms. The Morgan fingerprint density at radius 3 is 3.00 bits per heavy atom. The van der Waals surface area contributed by atoms with Crippen LogP contribution in [0.5, 0.6) is 0 Å². The zero-order valence-corrected chi connectivity index (χ0v) is 11.2. The number of rotatable bonds is 9. The molecule has 102 valence electrons. The smallest absolute Gasteiger partial charge is 0.151 e. The highest BCUT2D eigenvalue weighted by molar-refractivity contribution is 5.05. The van der Waals surface area contributed by atoms with E-state index in [0.717, 1.165) is 18.0 Å². The summed E-state index contributed by atoms with van der Waals surface area (Å²) in [6.45, 7) is 10.7. The van der Waals surface area contributed by atoms with Crippen LogP contribution in [-0.2, 0) is 13.1 Å². The molecule has 0 unspecified atom stereocenters. The summed E-state index contributed by atoms with van der Waals surface area (Å²) in [5.41, 5.74) is 0.904. The van der Waals surface area contributed by atoms with Crippen molar-refractivity contribution in [3.05, 3.63) is 30.2 Å². The van der Waals surface area contributed by atoms with Crippen LogP contribution in [0.25, 0.3) is 0 Å². The predicted molar refractivity (Wildman–Crippen MR) is 71.0 cm³/mol. The number of aliphatic hydroxyl groups is 1. The van der Waals surface area contributed by atoms with Gasteiger partial charge in [-0.25, -0.2) is 0 Å². The van der Waals surface area contributed by atoms with Crippen molar-refractivity contribution >= 4 is 0 Å². The Hall–Kier alpha value is -1.17. The lowest BCUT2D eigenvalue weighted by Crippen LogP contribution is -2.26. The minimum atomic E-state index is 0.129. The van der Waals surface area contributed by atoms with Gasteiger partial charge in [-0.3, -0.25) is 4.90 Å². The molecule has 0 aliphatic heterocycles. The van der Waals surface area contributed by atoms with Gasteiger partial charge >= 0.3 is 0 Å². The fraction of sp³-hybridized carbons (Fsp3) is 0.615. The highest BCUT2D eigenvalue weighted by Crippen LogP contribution is 2.07. The summed E-state index contributed by atoms with van der Waals surface area (Å²) in [5.74, 6) is 0.811. The molecule has 0 saturated carbocycles. The molecule has 0 saturated heterocycles. The first-order chi connectivity index (χ1) is 8.65. The van der Waals surface area contributed by atoms with Crippen LogP contribution in [0.3, 0.4) is 0 Å². The topological polar surface area (TPSA) is 61.5 Å². The van der Waals surface area contributed by atoms with E-state index >= 15 is 0 Å². The second-order valence-corrected chi connectivity index (χ2v) is 4.57. The number of nitrogens with one attached hydrogen (secondary N) is 1. The fourth-order valence-electron chi connectivity index (χ4n) is 1.60. The van der Waals surface area contributed by atoms with Gasteiger partial charge in [0.1, 0.15) is 0 Å². The Kier molecular flexibility index (Phi) is 6.64. The van der Waals surface area contributed by atoms with Gasteiger partial charge in [0, 0.05) is 31.7 Å². The van der Waals surface area contributed by atoms with E-state index in [0.29, 0.717) is 25.7 Å². The molecule has 0 aromatic carbocycles. The second-order valence-electron chi connectivity index (χ2n) is 4.57. The van der Waals surface area contributed by atoms with Gasteiger partial charge in [0.15, 0.2) is 5.76 Å². The van der Waals surface area contributed by atoms with Crippen molar-refractivity contribution in [1.29, 1.82) is 0 Å². The summed E-state index contributed by atoms with van der Waals surface area (Å²) in [7, 11) is 0. The normalized spacial score (nSPS) is 11.4. The van der Waals surface area contributed by atoms with Crippen LogP contribution >= 0.6 is 0 Å². The highest BCUT2D eigenvalue weighted by Gasteiger charge is 2.09. The second kappa shape index (κ2) is 8.02. The quantitative estimate of drug-likeness (QED) is 0.647. The van der Waals surface area contributed by atoms with Crippen LogP contribution in [0.15, 0.2) is 23.2 Å². The molecule has 0 bridgehead atoms. The van der Waals surface area contributed by atoms with E-state index in [1.54, 1.807) is 0 Å². The summed E-state index contributed by atoms with van der Waals surface area (Å²) in [6, 6.07) is 2.37. The summed E-state index contributed by atoms with van der Waals surface area (Å²) in [6.07, 6.45) is 1.81. The number of hydrogen-bond donors (Lipinski definition) is 2. The molecule has 5 heteroatoms. The maximum absolute atomic E-state index is 8.96. The van der Waals surface area contributed by atoms with Gasteiger partial charge < -0.3 is 14.9 Å². The van der Waals surface area contributed by atoms with Gasteiger partial charge in [0.25, 0.3) is 0 Å². The summed E-state index contributed by atoms with van der Waals surface area (Å²) < 4.78 is 5.27. The van der Waals surface area contributed by atoms with Crippen molar-refractivity contribution in [1.82, 2.24) is 15.4 Å². The van der Waals surface area contributed by atoms with Gasteiger partial charge in [-0.05, 0) is 0 Å². The third kappa shape index (κ3) is 5.44. The van der Waals surface area contributed by atoms with Gasteiger partial charge in [-0.2, -0.15) is 0 Å². The zero-order valence-electron chi connectivity index (χ0n) is 11.2. The monoisotopic (exact) mass is 253 g/mol. The molecule has 1 aromatic rings. The molecule has 0 amide bonds. The Morgan fingerprint density at radius 1 is 1.61 bits per heavy atom. The molecular formula is C13H23N3O2. The maximum atomic E-state index is 8.96. The summed E-state index contributed by atoms with van der Waals surface area (Å²) in [5, 5.41) is 16.3. The maximum Gasteiger partial charge on any atom is 0.151 e. The molecule has 18 heavy (non-hydrogen) atoms. The fourth-order valence-corrected chi connectivity index (χ4v) is 1.60. The van der Waals surface area contributed by atoms with Gasteiger partial charge in [-0.1, -0.05) is 25.1 Å². The zero-order chi connectivity index (χ0) is 13.4. The van der Waals surface area contributed by atoms with Crippen LogP contribution in [0.2, 0.25) is 0 Å². The first-order valence-corrected chi connectivity index (χ1v) is 6.27. The number of aliphatic hydroxyl groups excluding tert-OH is 1. The minimum Gasteiger partial charge on any atom is -0.395 e. The number of aromatic nitrogens is 1. The molecule has 1 rings (SSSR count). The lowest BCUT2D eigenvalue weighted by molar-refractivity contribution is 0.189. The van der Waals surface area contributed by atoms with E-state index in [2.05, 4.69) is 30.9 Å². The highest BCUT2D eigenvalue weighted by atomic mass is 16.5. The molecule has 1 aromatic heterocycles. The molecule has 5 nitrogen and oxygen atoms in total. The Morgan fingerprint density at radius 2 is 2.39 bits per heavy atom. The van der Waals surface area contributed by atoms with Crippen LogP contribution in [0.4, 0.5) is 0 Å². The SMILES string of the molecule is C=CCN(CCO)Cc1cc(CNC(C)C)no1. The Bertz CT molecular complexity index is 350. The van der Waals surface area contributed by atoms with Gasteiger partial charge in [0.05, 0.1) is 18.8 Å². The van der Waals surface area contributed by atoms with Gasteiger partial charge in [-0.15, -0.1) is 6.58 Å². The largest absolute Gasteiger partial charge is 0.395 e. The average Bonchev–Trinajstić information content (AvgIpc) is 2.75. The minimum absolute atomic E-state index is 0.129. The lowest BCUT2D eigenvalue weighted by atomic mass is 10.3. The summed E-state index contributed by atoms with van der Waals surface area (Å²) in [4.78, 5) is 2.05. The molecule has 1 heterocycles. The average molecular weight is 253 g/mol. The standard InChI is InChI=1S/C13H23N3O2/c1-4-5-16(6-7-17)10-13-8-12(15-18-13)9-14-11(2)3/h4,8,11,14,17H,1,5-7,9-10H2,2-3H3. The Balaban J connectivity index is 2.48. The molecule has 0 aliphatic rings. The predicted octanol–water partition coefficient (Wildman–Crippen LogP) is 1.15. The van der Waals surface area contributed by atoms with Crippen molar-refractivity contribution in [2.24, 2.45) is 0 Å². The van der Waals surface area contributed by atoms with Crippen molar-refractivity contribution in [2.75, 3.05) is 19.7 Å². The van der Waals surface area contributed by atoms with Crippen LogP contribution < -0.4 is 5.32 Å². The first-order valence-electron chi connectivity index (χ1n) is 6.27. The van der Waals surface area contributed by atoms with Crippen molar-refractivity contribution < 1.29 is 9.63 Å². The molecule has 0 aliphatic carbocycles. The van der Waals surface area contributed by atoms with E-state index in [-0.39, 0.29) is 6.61 Å². The van der Waals surface area contributed by atoms with E-state index < -0.39 is 0 Å². The molecule has 0 radical (unpaired) electrons. The molecular weight excluding hydrogens is 230 g/mol. The number of hydrogen-bond acceptors (Lipinski definition) is 5. The third-order valence-electron chi connectivity index (χ3n) is 2.48. The first kappa shape index (κ1) is 14.9. The van der Waals surface area contributed by atoms with Crippen molar-refractivity contribution in [2.45, 2.75) is 33.0 Å². The van der Waals surface area contributed by atoms with E-state index in [1.165, 1.54) is 0 Å². The van der Waals surface area contributed by atoms with E-state index in [1.807, 2.05) is 17.0 Å². The van der Waals surface area contributed by atoms with Crippen molar-refractivity contribution in [3.63, 3.8) is 0 Å². The lowest BCUT2D eigenvalue weighted by Gasteiger charge is -2.16. The van der Waals surface area contributed by atoms with Crippen LogP contribution in [0, 0.1) is 0 Å². The third-order valence-corrected chi connectivity index (χ3v) is 2.48. The molecule has 0 atom stereocenters. The van der Waals surface area contributed by atoms with Crippen LogP contribution in [-0.4, -0.2) is 40.9 Å².